The fourth-order valence-electron chi connectivity index (χ4n) is 1.95. The number of aliphatic hydroxyl groups is 2. The maximum atomic E-state index is 14.0. The minimum atomic E-state index is -1.85. The molecule has 4 N–H and O–H groups in total. The number of hydrogen-bond donors (Lipinski definition) is 4. The van der Waals surface area contributed by atoms with E-state index in [4.69, 9.17) is 15.1 Å². The zero-order chi connectivity index (χ0) is 14.2. The summed E-state index contributed by atoms with van der Waals surface area (Å²) in [7, 11) is 0. The third kappa shape index (κ3) is 2.21. The van der Waals surface area contributed by atoms with E-state index in [2.05, 4.69) is 4.98 Å². The summed E-state index contributed by atoms with van der Waals surface area (Å²) in [5.74, 6) is -0.325. The van der Waals surface area contributed by atoms with Crippen molar-refractivity contribution in [3.63, 3.8) is 0 Å². The molecule has 1 aliphatic heterocycles. The van der Waals surface area contributed by atoms with Crippen molar-refractivity contribution in [2.24, 2.45) is 0 Å². The van der Waals surface area contributed by atoms with Gasteiger partial charge in [0.2, 0.25) is 5.95 Å². The van der Waals surface area contributed by atoms with Crippen molar-refractivity contribution in [3.8, 4) is 0 Å². The van der Waals surface area contributed by atoms with Crippen LogP contribution >= 0.6 is 0 Å². The summed E-state index contributed by atoms with van der Waals surface area (Å²) in [4.78, 5) is 14.5. The number of aromatic nitrogens is 2. The van der Waals surface area contributed by atoms with E-state index in [-0.39, 0.29) is 5.95 Å². The Morgan fingerprint density at radius 3 is 2.89 bits per heavy atom. The van der Waals surface area contributed by atoms with Gasteiger partial charge in [-0.3, -0.25) is 14.6 Å². The van der Waals surface area contributed by atoms with Crippen molar-refractivity contribution in [2.45, 2.75) is 31.0 Å². The first-order valence-corrected chi connectivity index (χ1v) is 5.53. The molecule has 4 atom stereocenters. The predicted octanol–water partition coefficient (Wildman–Crippen LogP) is -0.977. The molecule has 0 radical (unpaired) electrons. The Morgan fingerprint density at radius 2 is 2.37 bits per heavy atom. The number of halogens is 1. The molecule has 2 heterocycles. The van der Waals surface area contributed by atoms with Crippen LogP contribution in [0.1, 0.15) is 13.2 Å². The molecule has 1 aromatic heterocycles. The number of rotatable bonds is 3. The molecule has 1 fully saturated rings. The average Bonchev–Trinajstić information content (AvgIpc) is 2.64. The van der Waals surface area contributed by atoms with Crippen molar-refractivity contribution in [3.05, 3.63) is 22.6 Å². The van der Waals surface area contributed by atoms with Gasteiger partial charge in [-0.2, -0.15) is 4.98 Å². The normalized spacial score (nSPS) is 34.5. The smallest absolute Gasteiger partial charge is 0.274 e. The van der Waals surface area contributed by atoms with Gasteiger partial charge in [0.1, 0.15) is 11.7 Å². The number of aliphatic hydroxyl groups excluding tert-OH is 2. The van der Waals surface area contributed by atoms with Gasteiger partial charge in [-0.25, -0.2) is 9.87 Å². The van der Waals surface area contributed by atoms with E-state index >= 15 is 0 Å². The Balaban J connectivity index is 2.41. The fraction of sp³-hybridized carbons (Fsp3) is 0.600. The molecule has 8 nitrogen and oxygen atoms in total. The molecule has 1 aliphatic rings. The molecule has 0 aromatic carbocycles. The van der Waals surface area contributed by atoms with Gasteiger partial charge in [-0.15, -0.1) is 0 Å². The maximum absolute atomic E-state index is 14.0. The van der Waals surface area contributed by atoms with Gasteiger partial charge in [-0.05, 0) is 6.92 Å². The molecular weight excluding hydrogens is 261 g/mol. The lowest BCUT2D eigenvalue weighted by Gasteiger charge is -2.24. The van der Waals surface area contributed by atoms with Crippen LogP contribution in [-0.2, 0) is 4.74 Å². The molecule has 0 aliphatic carbocycles. The Kier molecular flexibility index (Phi) is 3.54. The van der Waals surface area contributed by atoms with Crippen molar-refractivity contribution in [1.82, 2.24) is 9.55 Å². The number of nitrogens with zero attached hydrogens (tertiary/aromatic N) is 2. The second kappa shape index (κ2) is 4.85. The molecule has 1 aromatic rings. The molecule has 1 saturated heterocycles. The molecule has 0 spiro atoms. The summed E-state index contributed by atoms with van der Waals surface area (Å²) in [6.07, 6.45) is -3.56. The van der Waals surface area contributed by atoms with E-state index in [0.717, 1.165) is 10.6 Å². The van der Waals surface area contributed by atoms with Gasteiger partial charge >= 0.3 is 0 Å². The van der Waals surface area contributed by atoms with E-state index in [9.17, 15) is 14.3 Å². The van der Waals surface area contributed by atoms with E-state index in [1.165, 1.54) is 13.1 Å². The predicted molar refractivity (Wildman–Crippen MR) is 60.4 cm³/mol. The zero-order valence-electron chi connectivity index (χ0n) is 10.0. The van der Waals surface area contributed by atoms with Gasteiger partial charge in [-0.1, -0.05) is 0 Å². The summed E-state index contributed by atoms with van der Waals surface area (Å²) >= 11 is 0. The maximum Gasteiger partial charge on any atom is 0.274 e. The van der Waals surface area contributed by atoms with E-state index in [1.54, 1.807) is 5.48 Å². The minimum absolute atomic E-state index is 0.325. The standard InChI is InChI=1S/C10H14FN3O5/c1-10(4-15)7(17)6(11)8(19-10)14-3-2-5(16)12-9(14)13-18/h2-3,6-8,15,17-18H,4H2,1H3,(H,12,13,16)/t6-,7+,8-,10-/m1/s1. The van der Waals surface area contributed by atoms with E-state index in [0.29, 0.717) is 0 Å². The topological polar surface area (TPSA) is 117 Å². The number of nitrogens with one attached hydrogen (secondary N) is 1. The van der Waals surface area contributed by atoms with Gasteiger partial charge in [0.05, 0.1) is 6.61 Å². The summed E-state index contributed by atoms with van der Waals surface area (Å²) in [5.41, 5.74) is -0.450. The van der Waals surface area contributed by atoms with Crippen LogP contribution in [0, 0.1) is 0 Å². The molecule has 0 bridgehead atoms. The summed E-state index contributed by atoms with van der Waals surface area (Å²) < 4.78 is 20.4. The van der Waals surface area contributed by atoms with E-state index < -0.39 is 36.3 Å². The quantitative estimate of drug-likeness (QED) is 0.524. The van der Waals surface area contributed by atoms with Gasteiger partial charge < -0.3 is 14.9 Å². The Labute approximate surface area is 107 Å². The molecule has 106 valence electrons. The summed E-state index contributed by atoms with van der Waals surface area (Å²) in [5, 5.41) is 27.8. The second-order valence-electron chi connectivity index (χ2n) is 4.48. The highest BCUT2D eigenvalue weighted by atomic mass is 19.1. The SMILES string of the molecule is C[C@]1(CO)O[C@@H](n2ccc(=O)nc2NO)[C@H](F)[C@@H]1O. The van der Waals surface area contributed by atoms with Crippen LogP contribution in [0.4, 0.5) is 10.3 Å². The van der Waals surface area contributed by atoms with Crippen LogP contribution < -0.4 is 11.0 Å². The number of alkyl halides is 1. The first kappa shape index (κ1) is 13.9. The zero-order valence-corrected chi connectivity index (χ0v) is 10.0. The molecule has 0 saturated carbocycles. The average molecular weight is 275 g/mol. The fourth-order valence-corrected chi connectivity index (χ4v) is 1.95. The van der Waals surface area contributed by atoms with Gasteiger partial charge in [0, 0.05) is 12.3 Å². The van der Waals surface area contributed by atoms with Crippen LogP contribution in [0.5, 0.6) is 0 Å². The second-order valence-corrected chi connectivity index (χ2v) is 4.48. The van der Waals surface area contributed by atoms with Gasteiger partial charge in [0.15, 0.2) is 12.4 Å². The summed E-state index contributed by atoms with van der Waals surface area (Å²) in [6.45, 7) is 0.771. The highest BCUT2D eigenvalue weighted by molar-refractivity contribution is 5.22. The first-order valence-electron chi connectivity index (χ1n) is 5.53. The molecule has 9 heteroatoms. The largest absolute Gasteiger partial charge is 0.393 e. The van der Waals surface area contributed by atoms with Crippen molar-refractivity contribution in [1.29, 1.82) is 0 Å². The van der Waals surface area contributed by atoms with Crippen molar-refractivity contribution < 1.29 is 24.5 Å². The molecule has 19 heavy (non-hydrogen) atoms. The Bertz CT molecular complexity index is 524. The van der Waals surface area contributed by atoms with Crippen LogP contribution in [-0.4, -0.2) is 49.5 Å². The van der Waals surface area contributed by atoms with Crippen LogP contribution in [0.2, 0.25) is 0 Å². The lowest BCUT2D eigenvalue weighted by atomic mass is 9.99. The van der Waals surface area contributed by atoms with Crippen LogP contribution in [0.25, 0.3) is 0 Å². The number of hydrogen-bond acceptors (Lipinski definition) is 7. The third-order valence-corrected chi connectivity index (χ3v) is 3.12. The molecule has 2 rings (SSSR count). The monoisotopic (exact) mass is 275 g/mol. The van der Waals surface area contributed by atoms with Crippen LogP contribution in [0.3, 0.4) is 0 Å². The van der Waals surface area contributed by atoms with Crippen molar-refractivity contribution >= 4 is 5.95 Å². The Hall–Kier alpha value is -1.55. The highest BCUT2D eigenvalue weighted by Gasteiger charge is 2.53. The number of ether oxygens (including phenoxy) is 1. The van der Waals surface area contributed by atoms with E-state index in [1.807, 2.05) is 0 Å². The van der Waals surface area contributed by atoms with Gasteiger partial charge in [0.25, 0.3) is 5.56 Å². The minimum Gasteiger partial charge on any atom is -0.393 e. The molecule has 0 unspecified atom stereocenters. The molecular formula is C10H14FN3O5. The molecule has 0 amide bonds. The lowest BCUT2D eigenvalue weighted by molar-refractivity contribution is -0.116. The number of anilines is 1. The first-order chi connectivity index (χ1) is 8.92. The van der Waals surface area contributed by atoms with Crippen molar-refractivity contribution in [2.75, 3.05) is 12.1 Å². The summed E-state index contributed by atoms with van der Waals surface area (Å²) in [6, 6.07) is 1.05. The third-order valence-electron chi connectivity index (χ3n) is 3.12. The lowest BCUT2D eigenvalue weighted by Crippen LogP contribution is -2.42. The van der Waals surface area contributed by atoms with Crippen LogP contribution in [0.15, 0.2) is 17.1 Å². The Morgan fingerprint density at radius 1 is 1.68 bits per heavy atom. The highest BCUT2D eigenvalue weighted by Crippen LogP contribution is 2.39.